The van der Waals surface area contributed by atoms with E-state index in [4.69, 9.17) is 4.74 Å². The van der Waals surface area contributed by atoms with Gasteiger partial charge in [-0.25, -0.2) is 4.98 Å². The highest BCUT2D eigenvalue weighted by atomic mass is 16.5. The van der Waals surface area contributed by atoms with Crippen molar-refractivity contribution in [3.63, 3.8) is 0 Å². The molecule has 1 unspecified atom stereocenters. The van der Waals surface area contributed by atoms with Gasteiger partial charge in [0.1, 0.15) is 11.6 Å². The van der Waals surface area contributed by atoms with E-state index in [1.54, 1.807) is 7.11 Å². The van der Waals surface area contributed by atoms with Gasteiger partial charge in [0, 0.05) is 18.1 Å². The van der Waals surface area contributed by atoms with Crippen LogP contribution >= 0.6 is 0 Å². The van der Waals surface area contributed by atoms with Gasteiger partial charge in [0.2, 0.25) is 0 Å². The number of hydrogen-bond donors (Lipinski definition) is 1. The SMILES string of the molecule is COc1ccc2c(N3CCCC3CO)nccc2c1. The molecule has 0 saturated carbocycles. The largest absolute Gasteiger partial charge is 0.497 e. The molecule has 1 fully saturated rings. The Labute approximate surface area is 112 Å². The number of anilines is 1. The number of ether oxygens (including phenoxy) is 1. The van der Waals surface area contributed by atoms with Gasteiger partial charge < -0.3 is 14.7 Å². The van der Waals surface area contributed by atoms with Crippen molar-refractivity contribution in [2.45, 2.75) is 18.9 Å². The molecule has 4 heteroatoms. The van der Waals surface area contributed by atoms with Gasteiger partial charge in [-0.05, 0) is 42.5 Å². The molecule has 1 aromatic heterocycles. The van der Waals surface area contributed by atoms with Crippen molar-refractivity contribution >= 4 is 16.6 Å². The summed E-state index contributed by atoms with van der Waals surface area (Å²) in [6.45, 7) is 1.15. The number of pyridine rings is 1. The standard InChI is InChI=1S/C15H18N2O2/c1-19-13-4-5-14-11(9-13)6-7-16-15(14)17-8-2-3-12(17)10-18/h4-7,9,12,18H,2-3,8,10H2,1H3. The number of methoxy groups -OCH3 is 1. The first-order chi connectivity index (χ1) is 9.33. The predicted octanol–water partition coefficient (Wildman–Crippen LogP) is 2.20. The van der Waals surface area contributed by atoms with E-state index in [0.29, 0.717) is 0 Å². The van der Waals surface area contributed by atoms with Crippen molar-refractivity contribution in [1.29, 1.82) is 0 Å². The molecule has 19 heavy (non-hydrogen) atoms. The maximum absolute atomic E-state index is 9.46. The molecule has 0 amide bonds. The molecule has 0 spiro atoms. The summed E-state index contributed by atoms with van der Waals surface area (Å²) in [6.07, 6.45) is 3.97. The predicted molar refractivity (Wildman–Crippen MR) is 75.7 cm³/mol. The maximum Gasteiger partial charge on any atom is 0.136 e. The van der Waals surface area contributed by atoms with E-state index in [2.05, 4.69) is 9.88 Å². The van der Waals surface area contributed by atoms with E-state index < -0.39 is 0 Å². The van der Waals surface area contributed by atoms with E-state index in [0.717, 1.165) is 41.7 Å². The molecule has 0 bridgehead atoms. The van der Waals surface area contributed by atoms with E-state index >= 15 is 0 Å². The number of aliphatic hydroxyl groups is 1. The summed E-state index contributed by atoms with van der Waals surface area (Å²) < 4.78 is 5.26. The van der Waals surface area contributed by atoms with Crippen LogP contribution in [0.25, 0.3) is 10.8 Å². The first kappa shape index (κ1) is 12.2. The molecular weight excluding hydrogens is 240 g/mol. The Kier molecular flexibility index (Phi) is 3.25. The molecule has 1 aromatic carbocycles. The second kappa shape index (κ2) is 5.05. The first-order valence-corrected chi connectivity index (χ1v) is 6.63. The number of hydrogen-bond acceptors (Lipinski definition) is 4. The number of benzene rings is 1. The molecule has 4 nitrogen and oxygen atoms in total. The quantitative estimate of drug-likeness (QED) is 0.916. The van der Waals surface area contributed by atoms with Crippen molar-refractivity contribution in [1.82, 2.24) is 4.98 Å². The van der Waals surface area contributed by atoms with Crippen molar-refractivity contribution in [3.8, 4) is 5.75 Å². The fourth-order valence-electron chi connectivity index (χ4n) is 2.80. The molecule has 1 aliphatic rings. The molecule has 100 valence electrons. The van der Waals surface area contributed by atoms with Gasteiger partial charge >= 0.3 is 0 Å². The van der Waals surface area contributed by atoms with Crippen LogP contribution < -0.4 is 9.64 Å². The van der Waals surface area contributed by atoms with Crippen molar-refractivity contribution < 1.29 is 9.84 Å². The number of nitrogens with zero attached hydrogens (tertiary/aromatic N) is 2. The third-order valence-corrected chi connectivity index (χ3v) is 3.81. The summed E-state index contributed by atoms with van der Waals surface area (Å²) in [7, 11) is 1.67. The van der Waals surface area contributed by atoms with E-state index in [-0.39, 0.29) is 12.6 Å². The molecule has 1 N–H and O–H groups in total. The Bertz CT molecular complexity index is 585. The van der Waals surface area contributed by atoms with Crippen LogP contribution in [0.2, 0.25) is 0 Å². The lowest BCUT2D eigenvalue weighted by Crippen LogP contribution is -2.32. The average molecular weight is 258 g/mol. The van der Waals surface area contributed by atoms with Gasteiger partial charge in [-0.1, -0.05) is 0 Å². The lowest BCUT2D eigenvalue weighted by molar-refractivity contribution is 0.266. The van der Waals surface area contributed by atoms with Gasteiger partial charge in [-0.15, -0.1) is 0 Å². The smallest absolute Gasteiger partial charge is 0.136 e. The van der Waals surface area contributed by atoms with Crippen molar-refractivity contribution in [2.24, 2.45) is 0 Å². The maximum atomic E-state index is 9.46. The van der Waals surface area contributed by atoms with Gasteiger partial charge in [0.05, 0.1) is 19.8 Å². The number of aromatic nitrogens is 1. The van der Waals surface area contributed by atoms with Crippen LogP contribution in [-0.2, 0) is 0 Å². The van der Waals surface area contributed by atoms with Gasteiger partial charge in [0.25, 0.3) is 0 Å². The van der Waals surface area contributed by atoms with Crippen LogP contribution in [0.4, 0.5) is 5.82 Å². The van der Waals surface area contributed by atoms with Crippen LogP contribution in [0.15, 0.2) is 30.5 Å². The number of aliphatic hydroxyl groups excluding tert-OH is 1. The lowest BCUT2D eigenvalue weighted by Gasteiger charge is -2.25. The molecule has 1 atom stereocenters. The fourth-order valence-corrected chi connectivity index (χ4v) is 2.80. The summed E-state index contributed by atoms with van der Waals surface area (Å²) in [5.74, 6) is 1.82. The Morgan fingerprint density at radius 2 is 2.32 bits per heavy atom. The summed E-state index contributed by atoms with van der Waals surface area (Å²) >= 11 is 0. The third-order valence-electron chi connectivity index (χ3n) is 3.81. The van der Waals surface area contributed by atoms with Gasteiger partial charge in [-0.3, -0.25) is 0 Å². The highest BCUT2D eigenvalue weighted by Crippen LogP contribution is 2.31. The number of rotatable bonds is 3. The molecule has 1 saturated heterocycles. The van der Waals surface area contributed by atoms with Gasteiger partial charge in [-0.2, -0.15) is 0 Å². The monoisotopic (exact) mass is 258 g/mol. The van der Waals surface area contributed by atoms with Crippen molar-refractivity contribution in [2.75, 3.05) is 25.2 Å². The molecule has 2 heterocycles. The molecule has 0 radical (unpaired) electrons. The van der Waals surface area contributed by atoms with Crippen LogP contribution in [0, 0.1) is 0 Å². The van der Waals surface area contributed by atoms with Crippen LogP contribution in [0.3, 0.4) is 0 Å². The highest BCUT2D eigenvalue weighted by molar-refractivity contribution is 5.93. The summed E-state index contributed by atoms with van der Waals surface area (Å²) in [5, 5.41) is 11.7. The zero-order valence-corrected chi connectivity index (χ0v) is 11.0. The Hall–Kier alpha value is -1.81. The van der Waals surface area contributed by atoms with Gasteiger partial charge in [0.15, 0.2) is 0 Å². The number of fused-ring (bicyclic) bond motifs is 1. The Morgan fingerprint density at radius 3 is 3.11 bits per heavy atom. The van der Waals surface area contributed by atoms with E-state index in [9.17, 15) is 5.11 Å². The normalized spacial score (nSPS) is 19.1. The van der Waals surface area contributed by atoms with Crippen LogP contribution in [0.5, 0.6) is 5.75 Å². The summed E-state index contributed by atoms with van der Waals surface area (Å²) in [6, 6.07) is 8.21. The molecule has 2 aromatic rings. The van der Waals surface area contributed by atoms with Crippen LogP contribution in [-0.4, -0.2) is 36.4 Å². The molecule has 1 aliphatic heterocycles. The zero-order chi connectivity index (χ0) is 13.2. The fraction of sp³-hybridized carbons (Fsp3) is 0.400. The zero-order valence-electron chi connectivity index (χ0n) is 11.0. The Morgan fingerprint density at radius 1 is 1.42 bits per heavy atom. The van der Waals surface area contributed by atoms with Crippen LogP contribution in [0.1, 0.15) is 12.8 Å². The first-order valence-electron chi connectivity index (χ1n) is 6.63. The topological polar surface area (TPSA) is 45.6 Å². The van der Waals surface area contributed by atoms with Crippen molar-refractivity contribution in [3.05, 3.63) is 30.5 Å². The lowest BCUT2D eigenvalue weighted by atomic mass is 10.1. The minimum atomic E-state index is 0.189. The minimum absolute atomic E-state index is 0.189. The van der Waals surface area contributed by atoms with E-state index in [1.807, 2.05) is 30.5 Å². The molecule has 0 aliphatic carbocycles. The third kappa shape index (κ3) is 2.12. The average Bonchev–Trinajstić information content (AvgIpc) is 2.94. The molecular formula is C15H18N2O2. The summed E-state index contributed by atoms with van der Waals surface area (Å²) in [5.41, 5.74) is 0. The van der Waals surface area contributed by atoms with E-state index in [1.165, 1.54) is 0 Å². The highest BCUT2D eigenvalue weighted by Gasteiger charge is 2.26. The Balaban J connectivity index is 2.08. The second-order valence-electron chi connectivity index (χ2n) is 4.89. The summed E-state index contributed by atoms with van der Waals surface area (Å²) in [4.78, 5) is 6.73. The minimum Gasteiger partial charge on any atom is -0.497 e. The second-order valence-corrected chi connectivity index (χ2v) is 4.89. The molecule has 3 rings (SSSR count).